The highest BCUT2D eigenvalue weighted by Gasteiger charge is 2.23. The summed E-state index contributed by atoms with van der Waals surface area (Å²) < 4.78 is 52.1. The van der Waals surface area contributed by atoms with Gasteiger partial charge in [-0.05, 0) is 49.9 Å². The molecule has 3 aromatic rings. The van der Waals surface area contributed by atoms with Gasteiger partial charge in [-0.15, -0.1) is 0 Å². The fourth-order valence-electron chi connectivity index (χ4n) is 4.03. The zero-order chi connectivity index (χ0) is 31.7. The molecular formula is C29H33ClFN5O7S. The average Bonchev–Trinajstić information content (AvgIpc) is 3.78. The van der Waals surface area contributed by atoms with E-state index in [9.17, 15) is 22.4 Å². The Bertz CT molecular complexity index is 1640. The lowest BCUT2D eigenvalue weighted by Crippen LogP contribution is -2.34. The van der Waals surface area contributed by atoms with Crippen LogP contribution in [0.15, 0.2) is 48.8 Å². The number of benzene rings is 2. The van der Waals surface area contributed by atoms with E-state index in [0.717, 1.165) is 19.1 Å². The Hall–Kier alpha value is -3.85. The molecule has 0 radical (unpaired) electrons. The second-order valence-electron chi connectivity index (χ2n) is 10.1. The van der Waals surface area contributed by atoms with E-state index >= 15 is 0 Å². The Morgan fingerprint density at radius 1 is 1.20 bits per heavy atom. The van der Waals surface area contributed by atoms with Crippen molar-refractivity contribution in [3.63, 3.8) is 0 Å². The molecule has 0 aliphatic heterocycles. The summed E-state index contributed by atoms with van der Waals surface area (Å²) in [6.45, 7) is 2.33. The number of ether oxygens (including phenoxy) is 2. The number of nitrogens with one attached hydrogen (secondary N) is 2. The number of carbonyl (C=O) groups is 2. The lowest BCUT2D eigenvalue weighted by molar-refractivity contribution is -0.144. The molecule has 0 atom stereocenters. The molecule has 1 fully saturated rings. The van der Waals surface area contributed by atoms with Crippen molar-refractivity contribution in [2.24, 2.45) is 5.92 Å². The van der Waals surface area contributed by atoms with Crippen molar-refractivity contribution >= 4 is 61.7 Å². The summed E-state index contributed by atoms with van der Waals surface area (Å²) in [6, 6.07) is 7.59. The van der Waals surface area contributed by atoms with Crippen LogP contribution in [0.25, 0.3) is 10.9 Å². The first kappa shape index (κ1) is 33.1. The van der Waals surface area contributed by atoms with Gasteiger partial charge in [0.25, 0.3) is 10.1 Å². The van der Waals surface area contributed by atoms with Crippen LogP contribution in [0, 0.1) is 11.7 Å². The van der Waals surface area contributed by atoms with E-state index in [1.54, 1.807) is 24.0 Å². The van der Waals surface area contributed by atoms with E-state index in [1.165, 1.54) is 36.7 Å². The monoisotopic (exact) mass is 649 g/mol. The van der Waals surface area contributed by atoms with Crippen molar-refractivity contribution in [1.82, 2.24) is 14.9 Å². The number of hydrogen-bond donors (Lipinski definition) is 2. The SMILES string of the molecule is CCOC(=O)CN(CC=CC(=O)Nc1cc2c(Nc3ccc(F)c(Cl)c3)ncnc2cc1OCC1CC1)CCOS(C)(=O)=O. The van der Waals surface area contributed by atoms with Gasteiger partial charge in [-0.2, -0.15) is 8.42 Å². The third kappa shape index (κ3) is 10.4. The Balaban J connectivity index is 1.51. The molecule has 15 heteroatoms. The highest BCUT2D eigenvalue weighted by Crippen LogP contribution is 2.36. The Morgan fingerprint density at radius 2 is 2.00 bits per heavy atom. The normalized spacial score (nSPS) is 13.4. The first-order valence-electron chi connectivity index (χ1n) is 13.8. The van der Waals surface area contributed by atoms with Crippen molar-refractivity contribution < 1.29 is 36.1 Å². The van der Waals surface area contributed by atoms with Gasteiger partial charge in [-0.25, -0.2) is 14.4 Å². The van der Waals surface area contributed by atoms with Crippen LogP contribution >= 0.6 is 11.6 Å². The van der Waals surface area contributed by atoms with Crippen LogP contribution in [0.5, 0.6) is 5.75 Å². The first-order valence-corrected chi connectivity index (χ1v) is 16.0. The van der Waals surface area contributed by atoms with Crippen molar-refractivity contribution in [1.29, 1.82) is 0 Å². The van der Waals surface area contributed by atoms with Gasteiger partial charge in [0, 0.05) is 36.3 Å². The van der Waals surface area contributed by atoms with Crippen LogP contribution in [0.4, 0.5) is 21.6 Å². The predicted octanol–water partition coefficient (Wildman–Crippen LogP) is 4.29. The summed E-state index contributed by atoms with van der Waals surface area (Å²) in [7, 11) is -3.65. The van der Waals surface area contributed by atoms with Gasteiger partial charge in [0.2, 0.25) is 5.91 Å². The minimum Gasteiger partial charge on any atom is -0.491 e. The highest BCUT2D eigenvalue weighted by molar-refractivity contribution is 7.85. The zero-order valence-corrected chi connectivity index (χ0v) is 25.8. The molecule has 2 aromatic carbocycles. The Labute approximate surface area is 259 Å². The maximum absolute atomic E-state index is 13.7. The molecular weight excluding hydrogens is 617 g/mol. The van der Waals surface area contributed by atoms with Gasteiger partial charge in [0.15, 0.2) is 0 Å². The number of hydrogen-bond acceptors (Lipinski definition) is 11. The number of fused-ring (bicyclic) bond motifs is 1. The topological polar surface area (TPSA) is 149 Å². The number of halogens is 2. The molecule has 236 valence electrons. The van der Waals surface area contributed by atoms with Gasteiger partial charge in [-0.1, -0.05) is 17.7 Å². The minimum atomic E-state index is -3.65. The molecule has 0 unspecified atom stereocenters. The minimum absolute atomic E-state index is 0.0485. The number of carbonyl (C=O) groups excluding carboxylic acids is 2. The number of esters is 1. The van der Waals surface area contributed by atoms with Crippen LogP contribution in [0.2, 0.25) is 5.02 Å². The van der Waals surface area contributed by atoms with Gasteiger partial charge in [0.05, 0.1) is 48.8 Å². The number of nitrogens with zero attached hydrogens (tertiary/aromatic N) is 3. The summed E-state index contributed by atoms with van der Waals surface area (Å²) in [5.41, 5.74) is 1.45. The fourth-order valence-corrected chi connectivity index (χ4v) is 4.59. The Kier molecular flexibility index (Phi) is 11.4. The number of amides is 1. The fraction of sp³-hybridized carbons (Fsp3) is 0.379. The third-order valence-electron chi connectivity index (χ3n) is 6.34. The van der Waals surface area contributed by atoms with Crippen molar-refractivity contribution in [2.75, 3.05) is 56.3 Å². The molecule has 1 heterocycles. The maximum Gasteiger partial charge on any atom is 0.320 e. The summed E-state index contributed by atoms with van der Waals surface area (Å²) in [4.78, 5) is 35.2. The number of aromatic nitrogens is 2. The van der Waals surface area contributed by atoms with E-state index in [2.05, 4.69) is 20.6 Å². The van der Waals surface area contributed by atoms with Crippen LogP contribution < -0.4 is 15.4 Å². The van der Waals surface area contributed by atoms with E-state index < -0.39 is 27.8 Å². The second-order valence-corrected chi connectivity index (χ2v) is 12.1. The molecule has 1 aromatic heterocycles. The van der Waals surface area contributed by atoms with E-state index in [0.29, 0.717) is 46.4 Å². The molecule has 0 bridgehead atoms. The van der Waals surface area contributed by atoms with Gasteiger partial charge in [-0.3, -0.25) is 18.7 Å². The molecule has 1 amide bonds. The predicted molar refractivity (Wildman–Crippen MR) is 164 cm³/mol. The van der Waals surface area contributed by atoms with Gasteiger partial charge < -0.3 is 20.1 Å². The van der Waals surface area contributed by atoms with E-state index in [4.69, 9.17) is 25.3 Å². The number of anilines is 3. The molecule has 1 aliphatic carbocycles. The van der Waals surface area contributed by atoms with Crippen molar-refractivity contribution in [3.05, 3.63) is 59.7 Å². The lowest BCUT2D eigenvalue weighted by Gasteiger charge is -2.19. The molecule has 0 spiro atoms. The number of rotatable bonds is 16. The largest absolute Gasteiger partial charge is 0.491 e. The standard InChI is InChI=1S/C29H33ClFN5O7S/c1-3-41-28(38)16-36(11-12-43-44(2,39)40)10-4-5-27(37)35-25-14-21-24(15-26(25)42-17-19-6-7-19)32-18-33-29(21)34-20-8-9-23(31)22(30)13-20/h4-5,8-9,13-15,18-19H,3,6-7,10-12,16-17H2,1-2H3,(H,35,37)(H,32,33,34). The molecule has 4 rings (SSSR count). The quantitative estimate of drug-likeness (QED) is 0.130. The molecule has 44 heavy (non-hydrogen) atoms. The van der Waals surface area contributed by atoms with Crippen LogP contribution in [-0.4, -0.2) is 80.9 Å². The summed E-state index contributed by atoms with van der Waals surface area (Å²) >= 11 is 5.94. The first-order chi connectivity index (χ1) is 21.0. The molecule has 2 N–H and O–H groups in total. The average molecular weight is 650 g/mol. The van der Waals surface area contributed by atoms with Crippen LogP contribution in [-0.2, 0) is 28.6 Å². The molecule has 12 nitrogen and oxygen atoms in total. The van der Waals surface area contributed by atoms with Crippen LogP contribution in [0.1, 0.15) is 19.8 Å². The Morgan fingerprint density at radius 3 is 2.70 bits per heavy atom. The van der Waals surface area contributed by atoms with Gasteiger partial charge in [0.1, 0.15) is 23.7 Å². The maximum atomic E-state index is 13.7. The van der Waals surface area contributed by atoms with Gasteiger partial charge >= 0.3 is 5.97 Å². The van der Waals surface area contributed by atoms with Crippen molar-refractivity contribution in [2.45, 2.75) is 19.8 Å². The smallest absolute Gasteiger partial charge is 0.320 e. The van der Waals surface area contributed by atoms with Crippen molar-refractivity contribution in [3.8, 4) is 5.75 Å². The summed E-state index contributed by atoms with van der Waals surface area (Å²) in [5.74, 6) is -0.219. The second kappa shape index (κ2) is 15.2. The summed E-state index contributed by atoms with van der Waals surface area (Å²) in [5, 5.41) is 6.46. The highest BCUT2D eigenvalue weighted by atomic mass is 35.5. The zero-order valence-electron chi connectivity index (χ0n) is 24.2. The molecule has 1 aliphatic rings. The van der Waals surface area contributed by atoms with E-state index in [1.807, 2.05) is 0 Å². The molecule has 1 saturated carbocycles. The molecule has 0 saturated heterocycles. The summed E-state index contributed by atoms with van der Waals surface area (Å²) in [6.07, 6.45) is 7.30. The third-order valence-corrected chi connectivity index (χ3v) is 7.23. The van der Waals surface area contributed by atoms with E-state index in [-0.39, 0.29) is 37.9 Å². The lowest BCUT2D eigenvalue weighted by atomic mass is 10.1. The van der Waals surface area contributed by atoms with Crippen LogP contribution in [0.3, 0.4) is 0 Å².